The third-order valence-electron chi connectivity index (χ3n) is 4.71. The van der Waals surface area contributed by atoms with E-state index in [0.717, 1.165) is 42.6 Å². The van der Waals surface area contributed by atoms with E-state index in [-0.39, 0.29) is 24.8 Å². The first-order valence-electron chi connectivity index (χ1n) is 8.17. The Balaban J connectivity index is 0.00000144. The molecule has 1 N–H and O–H groups in total. The Morgan fingerprint density at radius 3 is 2.67 bits per heavy atom. The van der Waals surface area contributed by atoms with Crippen LogP contribution in [0.5, 0.6) is 0 Å². The minimum Gasteiger partial charge on any atom is -0.320 e. The number of likely N-dealkylation sites (tertiary alicyclic amines) is 1. The summed E-state index contributed by atoms with van der Waals surface area (Å²) in [6.07, 6.45) is 5.72. The van der Waals surface area contributed by atoms with E-state index in [1.807, 2.05) is 25.4 Å². The molecule has 2 aromatic rings. The highest BCUT2D eigenvalue weighted by Crippen LogP contribution is 2.28. The predicted molar refractivity (Wildman–Crippen MR) is 108 cm³/mol. The van der Waals surface area contributed by atoms with Crippen molar-refractivity contribution in [3.05, 3.63) is 41.0 Å². The molecule has 2 heterocycles. The van der Waals surface area contributed by atoms with Crippen LogP contribution in [0.25, 0.3) is 10.9 Å². The van der Waals surface area contributed by atoms with Gasteiger partial charge in [0.2, 0.25) is 0 Å². The van der Waals surface area contributed by atoms with Crippen molar-refractivity contribution in [2.75, 3.05) is 26.7 Å². The lowest BCUT2D eigenvalue weighted by molar-refractivity contribution is 0.173. The molecule has 0 spiro atoms. The summed E-state index contributed by atoms with van der Waals surface area (Å²) >= 11 is 6.44. The van der Waals surface area contributed by atoms with E-state index in [0.29, 0.717) is 0 Å². The van der Waals surface area contributed by atoms with Gasteiger partial charge in [0.1, 0.15) is 0 Å². The van der Waals surface area contributed by atoms with E-state index in [1.54, 1.807) is 0 Å². The second-order valence-electron chi connectivity index (χ2n) is 6.21. The number of halogens is 3. The van der Waals surface area contributed by atoms with Crippen molar-refractivity contribution in [3.63, 3.8) is 0 Å². The summed E-state index contributed by atoms with van der Waals surface area (Å²) in [5, 5.41) is 5.26. The zero-order valence-electron chi connectivity index (χ0n) is 14.0. The summed E-state index contributed by atoms with van der Waals surface area (Å²) in [4.78, 5) is 7.06. The lowest BCUT2D eigenvalue weighted by Gasteiger charge is -2.32. The lowest BCUT2D eigenvalue weighted by atomic mass is 9.93. The van der Waals surface area contributed by atoms with Crippen molar-refractivity contribution in [1.29, 1.82) is 0 Å². The normalized spacial score (nSPS) is 15.8. The molecule has 0 saturated carbocycles. The minimum atomic E-state index is 0. The van der Waals surface area contributed by atoms with Gasteiger partial charge in [-0.25, -0.2) is 0 Å². The maximum atomic E-state index is 6.44. The van der Waals surface area contributed by atoms with Gasteiger partial charge < -0.3 is 5.32 Å². The van der Waals surface area contributed by atoms with E-state index in [2.05, 4.69) is 27.3 Å². The van der Waals surface area contributed by atoms with Crippen LogP contribution in [0.4, 0.5) is 0 Å². The molecule has 1 aromatic carbocycles. The monoisotopic (exact) mass is 389 g/mol. The molecule has 3 nitrogen and oxygen atoms in total. The maximum Gasteiger partial charge on any atom is 0.0761 e. The Labute approximate surface area is 162 Å². The van der Waals surface area contributed by atoms with Crippen molar-refractivity contribution in [1.82, 2.24) is 15.2 Å². The average molecular weight is 391 g/mol. The van der Waals surface area contributed by atoms with Crippen LogP contribution in [-0.2, 0) is 6.54 Å². The summed E-state index contributed by atoms with van der Waals surface area (Å²) in [5.41, 5.74) is 2.22. The molecule has 1 saturated heterocycles. The van der Waals surface area contributed by atoms with Crippen LogP contribution < -0.4 is 5.32 Å². The number of benzene rings is 1. The van der Waals surface area contributed by atoms with E-state index in [9.17, 15) is 0 Å². The largest absolute Gasteiger partial charge is 0.320 e. The van der Waals surface area contributed by atoms with E-state index < -0.39 is 0 Å². The number of piperidine rings is 1. The third-order valence-corrected chi connectivity index (χ3v) is 5.07. The lowest BCUT2D eigenvalue weighted by Crippen LogP contribution is -2.34. The van der Waals surface area contributed by atoms with Crippen LogP contribution in [0, 0.1) is 5.92 Å². The Bertz CT molecular complexity index is 628. The summed E-state index contributed by atoms with van der Waals surface area (Å²) in [7, 11) is 2.03. The third kappa shape index (κ3) is 5.21. The number of hydrogen-bond donors (Lipinski definition) is 1. The number of aromatic nitrogens is 1. The van der Waals surface area contributed by atoms with Crippen molar-refractivity contribution in [2.24, 2.45) is 5.92 Å². The van der Waals surface area contributed by atoms with Crippen LogP contribution in [0.15, 0.2) is 30.5 Å². The minimum absolute atomic E-state index is 0. The smallest absolute Gasteiger partial charge is 0.0761 e. The van der Waals surface area contributed by atoms with Gasteiger partial charge in [-0.2, -0.15) is 0 Å². The molecule has 0 bridgehead atoms. The molecule has 1 aromatic heterocycles. The first kappa shape index (κ1) is 21.5. The fourth-order valence-corrected chi connectivity index (χ4v) is 3.55. The Morgan fingerprint density at radius 2 is 1.96 bits per heavy atom. The van der Waals surface area contributed by atoms with Gasteiger partial charge in [0.25, 0.3) is 0 Å². The fourth-order valence-electron chi connectivity index (χ4n) is 3.34. The molecular weight excluding hydrogens is 365 g/mol. The quantitative estimate of drug-likeness (QED) is 0.811. The Kier molecular flexibility index (Phi) is 9.32. The highest BCUT2D eigenvalue weighted by atomic mass is 35.5. The molecule has 3 rings (SSSR count). The number of fused-ring (bicyclic) bond motifs is 1. The second kappa shape index (κ2) is 10.4. The highest BCUT2D eigenvalue weighted by molar-refractivity contribution is 6.32. The zero-order valence-corrected chi connectivity index (χ0v) is 16.4. The van der Waals surface area contributed by atoms with Crippen molar-refractivity contribution >= 4 is 47.3 Å². The summed E-state index contributed by atoms with van der Waals surface area (Å²) in [6.45, 7) is 4.36. The highest BCUT2D eigenvalue weighted by Gasteiger charge is 2.20. The molecule has 0 unspecified atom stereocenters. The van der Waals surface area contributed by atoms with Gasteiger partial charge in [-0.15, -0.1) is 24.8 Å². The summed E-state index contributed by atoms with van der Waals surface area (Å²) < 4.78 is 0. The summed E-state index contributed by atoms with van der Waals surface area (Å²) in [5.74, 6) is 0.866. The molecule has 6 heteroatoms. The number of hydrogen-bond acceptors (Lipinski definition) is 3. The SMILES string of the molecule is CNCCC1CCN(Cc2c(Cl)ccc3cccnc23)CC1.Cl.Cl. The van der Waals surface area contributed by atoms with Crippen LogP contribution in [0.1, 0.15) is 24.8 Å². The van der Waals surface area contributed by atoms with Gasteiger partial charge in [-0.1, -0.05) is 23.7 Å². The van der Waals surface area contributed by atoms with Gasteiger partial charge >= 0.3 is 0 Å². The molecule has 0 atom stereocenters. The van der Waals surface area contributed by atoms with Gasteiger partial charge in [-0.3, -0.25) is 9.88 Å². The first-order chi connectivity index (χ1) is 10.8. The molecule has 134 valence electrons. The Hall–Kier alpha value is -0.580. The molecule has 1 aliphatic heterocycles. The second-order valence-corrected chi connectivity index (χ2v) is 6.62. The predicted octanol–water partition coefficient (Wildman–Crippen LogP) is 4.55. The Morgan fingerprint density at radius 1 is 1.21 bits per heavy atom. The molecule has 0 amide bonds. The number of rotatable bonds is 5. The fraction of sp³-hybridized carbons (Fsp3) is 0.500. The van der Waals surface area contributed by atoms with Crippen LogP contribution in [0.2, 0.25) is 5.02 Å². The first-order valence-corrected chi connectivity index (χ1v) is 8.55. The van der Waals surface area contributed by atoms with E-state index in [1.165, 1.54) is 30.2 Å². The molecule has 1 aliphatic rings. The van der Waals surface area contributed by atoms with E-state index >= 15 is 0 Å². The molecule has 24 heavy (non-hydrogen) atoms. The maximum absolute atomic E-state index is 6.44. The molecule has 0 radical (unpaired) electrons. The summed E-state index contributed by atoms with van der Waals surface area (Å²) in [6, 6.07) is 8.14. The van der Waals surface area contributed by atoms with Gasteiger partial charge in [0.15, 0.2) is 0 Å². The zero-order chi connectivity index (χ0) is 15.4. The topological polar surface area (TPSA) is 28.2 Å². The van der Waals surface area contributed by atoms with Crippen LogP contribution in [-0.4, -0.2) is 36.6 Å². The number of nitrogens with zero attached hydrogens (tertiary/aromatic N) is 2. The molecular formula is C18H26Cl3N3. The molecule has 1 fully saturated rings. The van der Waals surface area contributed by atoms with Gasteiger partial charge in [-0.05, 0) is 64.0 Å². The van der Waals surface area contributed by atoms with Gasteiger partial charge in [0, 0.05) is 28.7 Å². The average Bonchev–Trinajstić information content (AvgIpc) is 2.57. The van der Waals surface area contributed by atoms with Crippen molar-refractivity contribution in [3.8, 4) is 0 Å². The van der Waals surface area contributed by atoms with Gasteiger partial charge in [0.05, 0.1) is 5.52 Å². The number of pyridine rings is 1. The van der Waals surface area contributed by atoms with Crippen molar-refractivity contribution in [2.45, 2.75) is 25.8 Å². The van der Waals surface area contributed by atoms with Crippen LogP contribution >= 0.6 is 36.4 Å². The standard InChI is InChI=1S/C18H24ClN3.2ClH/c1-20-10-6-14-7-11-22(12-8-14)13-16-17(19)5-4-15-3-2-9-21-18(15)16;;/h2-5,9,14,20H,6-8,10-13H2,1H3;2*1H. The molecule has 0 aliphatic carbocycles. The van der Waals surface area contributed by atoms with Crippen LogP contribution in [0.3, 0.4) is 0 Å². The van der Waals surface area contributed by atoms with Crippen molar-refractivity contribution < 1.29 is 0 Å². The number of nitrogens with one attached hydrogen (secondary N) is 1. The van der Waals surface area contributed by atoms with E-state index in [4.69, 9.17) is 11.6 Å².